The van der Waals surface area contributed by atoms with Crippen LogP contribution < -0.4 is 10.1 Å². The predicted octanol–water partition coefficient (Wildman–Crippen LogP) is 3.78. The Hall–Kier alpha value is -1.65. The van der Waals surface area contributed by atoms with Crippen LogP contribution in [0.1, 0.15) is 12.5 Å². The van der Waals surface area contributed by atoms with Gasteiger partial charge in [-0.05, 0) is 18.7 Å². The summed E-state index contributed by atoms with van der Waals surface area (Å²) >= 11 is 5.84. The zero-order chi connectivity index (χ0) is 13.7. The molecule has 3 nitrogen and oxygen atoms in total. The maximum absolute atomic E-state index is 13.8. The van der Waals surface area contributed by atoms with E-state index in [9.17, 15) is 4.39 Å². The summed E-state index contributed by atoms with van der Waals surface area (Å²) in [7, 11) is 0. The van der Waals surface area contributed by atoms with Crippen molar-refractivity contribution in [3.05, 3.63) is 53.1 Å². The molecule has 0 unspecified atom stereocenters. The van der Waals surface area contributed by atoms with Gasteiger partial charge in [0.15, 0.2) is 0 Å². The Morgan fingerprint density at radius 1 is 1.37 bits per heavy atom. The van der Waals surface area contributed by atoms with Gasteiger partial charge in [-0.1, -0.05) is 24.6 Å². The molecule has 1 aromatic carbocycles. The number of aromatic nitrogens is 1. The minimum Gasteiger partial charge on any atom is -0.455 e. The van der Waals surface area contributed by atoms with Crippen molar-refractivity contribution in [1.29, 1.82) is 0 Å². The minimum absolute atomic E-state index is 0.298. The minimum atomic E-state index is -0.298. The first-order valence-electron chi connectivity index (χ1n) is 5.97. The fourth-order valence-electron chi connectivity index (χ4n) is 1.63. The van der Waals surface area contributed by atoms with E-state index >= 15 is 0 Å². The summed E-state index contributed by atoms with van der Waals surface area (Å²) in [5, 5.41) is 3.56. The number of halogens is 2. The van der Waals surface area contributed by atoms with Crippen molar-refractivity contribution in [2.75, 3.05) is 6.54 Å². The molecule has 0 aliphatic rings. The molecular formula is C14H14ClFN2O. The number of ether oxygens (including phenoxy) is 1. The molecule has 2 rings (SSSR count). The zero-order valence-electron chi connectivity index (χ0n) is 10.5. The molecule has 0 spiro atoms. The molecule has 0 bridgehead atoms. The molecular weight excluding hydrogens is 267 g/mol. The van der Waals surface area contributed by atoms with Crippen LogP contribution in [0.15, 0.2) is 36.7 Å². The van der Waals surface area contributed by atoms with Crippen molar-refractivity contribution < 1.29 is 9.13 Å². The number of nitrogens with zero attached hydrogens (tertiary/aromatic N) is 1. The fourth-order valence-corrected chi connectivity index (χ4v) is 1.80. The van der Waals surface area contributed by atoms with Crippen LogP contribution in [0.5, 0.6) is 11.5 Å². The third-order valence-electron chi connectivity index (χ3n) is 2.54. The summed E-state index contributed by atoms with van der Waals surface area (Å²) in [5.41, 5.74) is 0.490. The highest BCUT2D eigenvalue weighted by Crippen LogP contribution is 2.28. The summed E-state index contributed by atoms with van der Waals surface area (Å²) in [6.07, 6.45) is 3.05. The van der Waals surface area contributed by atoms with Crippen LogP contribution in [-0.4, -0.2) is 11.5 Å². The summed E-state index contributed by atoms with van der Waals surface area (Å²) < 4.78 is 19.4. The Morgan fingerprint density at radius 3 is 2.95 bits per heavy atom. The lowest BCUT2D eigenvalue weighted by Gasteiger charge is -2.12. The molecule has 0 fully saturated rings. The molecule has 0 saturated carbocycles. The predicted molar refractivity (Wildman–Crippen MR) is 73.1 cm³/mol. The summed E-state index contributed by atoms with van der Waals surface area (Å²) in [6.45, 7) is 3.13. The van der Waals surface area contributed by atoms with Crippen molar-refractivity contribution in [2.24, 2.45) is 0 Å². The fraction of sp³-hybridized carbons (Fsp3) is 0.214. The Kier molecular flexibility index (Phi) is 4.71. The molecule has 0 aliphatic carbocycles. The lowest BCUT2D eigenvalue weighted by Crippen LogP contribution is -2.13. The largest absolute Gasteiger partial charge is 0.455 e. The highest BCUT2D eigenvalue weighted by Gasteiger charge is 2.10. The smallest absolute Gasteiger partial charge is 0.147 e. The molecule has 0 radical (unpaired) electrons. The van der Waals surface area contributed by atoms with Crippen LogP contribution in [0.4, 0.5) is 4.39 Å². The molecule has 5 heteroatoms. The SMILES string of the molecule is CCNCc1c(F)cccc1Oc1cncc(Cl)c1. The number of pyridine rings is 1. The molecule has 1 aromatic heterocycles. The third-order valence-corrected chi connectivity index (χ3v) is 2.74. The second-order valence-corrected chi connectivity index (χ2v) is 4.37. The average Bonchev–Trinajstić information content (AvgIpc) is 2.38. The van der Waals surface area contributed by atoms with Gasteiger partial charge in [-0.15, -0.1) is 0 Å². The average molecular weight is 281 g/mol. The van der Waals surface area contributed by atoms with E-state index < -0.39 is 0 Å². The summed E-state index contributed by atoms with van der Waals surface area (Å²) in [5.74, 6) is 0.648. The van der Waals surface area contributed by atoms with Gasteiger partial charge >= 0.3 is 0 Å². The first kappa shape index (κ1) is 13.8. The lowest BCUT2D eigenvalue weighted by atomic mass is 10.2. The third kappa shape index (κ3) is 3.66. The number of benzene rings is 1. The zero-order valence-corrected chi connectivity index (χ0v) is 11.2. The standard InChI is InChI=1S/C14H14ClFN2O/c1-2-17-9-12-13(16)4-3-5-14(12)19-11-6-10(15)7-18-8-11/h3-8,17H,2,9H2,1H3. The van der Waals surface area contributed by atoms with Crippen LogP contribution in [0, 0.1) is 5.82 Å². The molecule has 0 atom stereocenters. The van der Waals surface area contributed by atoms with E-state index in [0.717, 1.165) is 6.54 Å². The molecule has 19 heavy (non-hydrogen) atoms. The van der Waals surface area contributed by atoms with E-state index in [0.29, 0.717) is 28.6 Å². The molecule has 0 saturated heterocycles. The van der Waals surface area contributed by atoms with Gasteiger partial charge in [0, 0.05) is 24.4 Å². The molecule has 2 aromatic rings. The van der Waals surface area contributed by atoms with Gasteiger partial charge in [0.05, 0.1) is 11.2 Å². The normalized spacial score (nSPS) is 10.5. The van der Waals surface area contributed by atoms with E-state index in [1.54, 1.807) is 18.2 Å². The highest BCUT2D eigenvalue weighted by atomic mass is 35.5. The van der Waals surface area contributed by atoms with Gasteiger partial charge in [-0.3, -0.25) is 4.98 Å². The Bertz CT molecular complexity index is 563. The van der Waals surface area contributed by atoms with E-state index in [4.69, 9.17) is 16.3 Å². The summed E-state index contributed by atoms with van der Waals surface area (Å²) in [6, 6.07) is 6.38. The monoisotopic (exact) mass is 280 g/mol. The van der Waals surface area contributed by atoms with Crippen LogP contribution >= 0.6 is 11.6 Å². The van der Waals surface area contributed by atoms with E-state index in [-0.39, 0.29) is 5.82 Å². The van der Waals surface area contributed by atoms with Crippen molar-refractivity contribution in [3.63, 3.8) is 0 Å². The highest BCUT2D eigenvalue weighted by molar-refractivity contribution is 6.30. The number of hydrogen-bond donors (Lipinski definition) is 1. The number of nitrogens with one attached hydrogen (secondary N) is 1. The quantitative estimate of drug-likeness (QED) is 0.905. The first-order valence-corrected chi connectivity index (χ1v) is 6.35. The lowest BCUT2D eigenvalue weighted by molar-refractivity contribution is 0.461. The van der Waals surface area contributed by atoms with Crippen molar-refractivity contribution in [1.82, 2.24) is 10.3 Å². The number of hydrogen-bond acceptors (Lipinski definition) is 3. The van der Waals surface area contributed by atoms with Gasteiger partial charge in [0.2, 0.25) is 0 Å². The second kappa shape index (κ2) is 6.50. The van der Waals surface area contributed by atoms with Gasteiger partial charge in [-0.2, -0.15) is 0 Å². The van der Waals surface area contributed by atoms with Crippen LogP contribution in [0.3, 0.4) is 0 Å². The molecule has 1 N–H and O–H groups in total. The van der Waals surface area contributed by atoms with E-state index in [1.807, 2.05) is 6.92 Å². The molecule has 0 aliphatic heterocycles. The van der Waals surface area contributed by atoms with Crippen molar-refractivity contribution in [3.8, 4) is 11.5 Å². The Balaban J connectivity index is 2.26. The van der Waals surface area contributed by atoms with Crippen molar-refractivity contribution >= 4 is 11.6 Å². The summed E-state index contributed by atoms with van der Waals surface area (Å²) in [4.78, 5) is 3.93. The molecule has 100 valence electrons. The van der Waals surface area contributed by atoms with E-state index in [2.05, 4.69) is 10.3 Å². The van der Waals surface area contributed by atoms with Crippen LogP contribution in [0.25, 0.3) is 0 Å². The van der Waals surface area contributed by atoms with Crippen molar-refractivity contribution in [2.45, 2.75) is 13.5 Å². The van der Waals surface area contributed by atoms with Crippen LogP contribution in [0.2, 0.25) is 5.02 Å². The molecule has 1 heterocycles. The van der Waals surface area contributed by atoms with Crippen LogP contribution in [-0.2, 0) is 6.54 Å². The van der Waals surface area contributed by atoms with Gasteiger partial charge in [-0.25, -0.2) is 4.39 Å². The maximum Gasteiger partial charge on any atom is 0.147 e. The number of rotatable bonds is 5. The van der Waals surface area contributed by atoms with E-state index in [1.165, 1.54) is 18.5 Å². The van der Waals surface area contributed by atoms with Gasteiger partial charge in [0.25, 0.3) is 0 Å². The maximum atomic E-state index is 13.8. The van der Waals surface area contributed by atoms with Gasteiger partial charge < -0.3 is 10.1 Å². The second-order valence-electron chi connectivity index (χ2n) is 3.94. The van der Waals surface area contributed by atoms with Gasteiger partial charge in [0.1, 0.15) is 17.3 Å². The topological polar surface area (TPSA) is 34.1 Å². The Labute approximate surface area is 116 Å². The molecule has 0 amide bonds. The first-order chi connectivity index (χ1) is 9.20. The Morgan fingerprint density at radius 2 is 2.21 bits per heavy atom.